The Kier molecular flexibility index (Phi) is 6.55. The van der Waals surface area contributed by atoms with E-state index >= 15 is 0 Å². The van der Waals surface area contributed by atoms with Crippen molar-refractivity contribution in [2.75, 3.05) is 6.61 Å². The summed E-state index contributed by atoms with van der Waals surface area (Å²) < 4.78 is 5.65. The summed E-state index contributed by atoms with van der Waals surface area (Å²) in [6.07, 6.45) is 1.77. The molecule has 4 nitrogen and oxygen atoms in total. The number of amides is 1. The van der Waals surface area contributed by atoms with Crippen molar-refractivity contribution in [1.82, 2.24) is 5.43 Å². The topological polar surface area (TPSA) is 50.7 Å². The zero-order valence-electron chi connectivity index (χ0n) is 14.5. The molecule has 0 unspecified atom stereocenters. The van der Waals surface area contributed by atoms with Crippen molar-refractivity contribution in [1.29, 1.82) is 0 Å². The third kappa shape index (κ3) is 4.95. The fourth-order valence-electron chi connectivity index (χ4n) is 2.46. The summed E-state index contributed by atoms with van der Waals surface area (Å²) in [6.45, 7) is 5.97. The van der Waals surface area contributed by atoms with Crippen LogP contribution in [0, 0.1) is 13.8 Å². The van der Waals surface area contributed by atoms with Gasteiger partial charge < -0.3 is 4.74 Å². The molecule has 4 heteroatoms. The number of benzene rings is 2. The van der Waals surface area contributed by atoms with Crippen molar-refractivity contribution in [3.63, 3.8) is 0 Å². The van der Waals surface area contributed by atoms with E-state index in [0.717, 1.165) is 41.0 Å². The number of hydrogen-bond acceptors (Lipinski definition) is 3. The Hall–Kier alpha value is -2.62. The molecule has 1 N–H and O–H groups in total. The van der Waals surface area contributed by atoms with Gasteiger partial charge in [0, 0.05) is 0 Å². The molecule has 0 bridgehead atoms. The molecule has 0 aliphatic rings. The molecule has 0 aliphatic carbocycles. The zero-order chi connectivity index (χ0) is 17.4. The van der Waals surface area contributed by atoms with Gasteiger partial charge in [-0.1, -0.05) is 61.9 Å². The van der Waals surface area contributed by atoms with Crippen LogP contribution in [-0.2, 0) is 4.79 Å². The second-order valence-electron chi connectivity index (χ2n) is 5.72. The lowest BCUT2D eigenvalue weighted by Gasteiger charge is -2.11. The lowest BCUT2D eigenvalue weighted by molar-refractivity contribution is -0.123. The van der Waals surface area contributed by atoms with Gasteiger partial charge in [-0.2, -0.15) is 5.10 Å². The van der Waals surface area contributed by atoms with Crippen LogP contribution in [0.3, 0.4) is 0 Å². The maximum absolute atomic E-state index is 12.0. The van der Waals surface area contributed by atoms with Gasteiger partial charge in [-0.3, -0.25) is 4.79 Å². The summed E-state index contributed by atoms with van der Waals surface area (Å²) in [6, 6.07) is 15.8. The summed E-state index contributed by atoms with van der Waals surface area (Å²) >= 11 is 0. The number of rotatable bonds is 7. The van der Waals surface area contributed by atoms with Gasteiger partial charge in [0.15, 0.2) is 6.61 Å². The second-order valence-corrected chi connectivity index (χ2v) is 5.72. The van der Waals surface area contributed by atoms with Crippen LogP contribution < -0.4 is 10.2 Å². The Balaban J connectivity index is 1.98. The van der Waals surface area contributed by atoms with Crippen LogP contribution in [0.1, 0.15) is 36.5 Å². The third-order valence-electron chi connectivity index (χ3n) is 3.67. The second kappa shape index (κ2) is 8.87. The zero-order valence-corrected chi connectivity index (χ0v) is 14.5. The van der Waals surface area contributed by atoms with Gasteiger partial charge in [-0.05, 0) is 37.0 Å². The van der Waals surface area contributed by atoms with Gasteiger partial charge in [0.25, 0.3) is 5.91 Å². The summed E-state index contributed by atoms with van der Waals surface area (Å²) in [4.78, 5) is 12.0. The molecule has 126 valence electrons. The van der Waals surface area contributed by atoms with E-state index in [-0.39, 0.29) is 12.5 Å². The lowest BCUT2D eigenvalue weighted by Crippen LogP contribution is -2.26. The quantitative estimate of drug-likeness (QED) is 0.618. The highest BCUT2D eigenvalue weighted by molar-refractivity contribution is 6.01. The standard InChI is InChI=1S/C20H24N2O2/c1-4-9-18(17-12-6-5-7-13-17)21-22-19(23)14-24-20-15(2)10-8-11-16(20)3/h5-8,10-13H,4,9,14H2,1-3H3,(H,22,23)/b21-18+. The average Bonchev–Trinajstić information content (AvgIpc) is 2.59. The van der Waals surface area contributed by atoms with E-state index in [1.165, 1.54) is 0 Å². The highest BCUT2D eigenvalue weighted by atomic mass is 16.5. The van der Waals surface area contributed by atoms with Crippen LogP contribution in [0.4, 0.5) is 0 Å². The predicted molar refractivity (Wildman–Crippen MR) is 97.4 cm³/mol. The molecule has 0 aromatic heterocycles. The van der Waals surface area contributed by atoms with E-state index in [9.17, 15) is 4.79 Å². The molecule has 0 atom stereocenters. The number of carbonyl (C=O) groups is 1. The molecule has 0 saturated carbocycles. The molecule has 0 heterocycles. The Bertz CT molecular complexity index is 689. The largest absolute Gasteiger partial charge is 0.483 e. The summed E-state index contributed by atoms with van der Waals surface area (Å²) in [5.41, 5.74) is 6.53. The molecule has 2 rings (SSSR count). The van der Waals surface area contributed by atoms with E-state index in [1.807, 2.05) is 62.4 Å². The van der Waals surface area contributed by atoms with Crippen LogP contribution >= 0.6 is 0 Å². The minimum absolute atomic E-state index is 0.0522. The van der Waals surface area contributed by atoms with E-state index < -0.39 is 0 Å². The van der Waals surface area contributed by atoms with Gasteiger partial charge in [0.1, 0.15) is 5.75 Å². The number of hydrogen-bond donors (Lipinski definition) is 1. The van der Waals surface area contributed by atoms with Crippen LogP contribution in [0.25, 0.3) is 0 Å². The highest BCUT2D eigenvalue weighted by Gasteiger charge is 2.08. The number of nitrogens with one attached hydrogen (secondary N) is 1. The van der Waals surface area contributed by atoms with Crippen LogP contribution in [0.5, 0.6) is 5.75 Å². The van der Waals surface area contributed by atoms with E-state index in [0.29, 0.717) is 0 Å². The maximum Gasteiger partial charge on any atom is 0.277 e. The summed E-state index contributed by atoms with van der Waals surface area (Å²) in [7, 11) is 0. The molecule has 24 heavy (non-hydrogen) atoms. The number of carbonyl (C=O) groups excluding carboxylic acids is 1. The highest BCUT2D eigenvalue weighted by Crippen LogP contribution is 2.21. The molecule has 2 aromatic rings. The van der Waals surface area contributed by atoms with E-state index in [2.05, 4.69) is 17.5 Å². The first kappa shape index (κ1) is 17.7. The fraction of sp³-hybridized carbons (Fsp3) is 0.300. The number of nitrogens with zero attached hydrogens (tertiary/aromatic N) is 1. The maximum atomic E-state index is 12.0. The van der Waals surface area contributed by atoms with Crippen molar-refractivity contribution in [2.24, 2.45) is 5.10 Å². The number of para-hydroxylation sites is 1. The van der Waals surface area contributed by atoms with Crippen molar-refractivity contribution in [3.8, 4) is 5.75 Å². The van der Waals surface area contributed by atoms with Crippen molar-refractivity contribution in [3.05, 3.63) is 65.2 Å². The lowest BCUT2D eigenvalue weighted by atomic mass is 10.1. The summed E-state index contributed by atoms with van der Waals surface area (Å²) in [5.74, 6) is 0.496. The average molecular weight is 324 g/mol. The number of ether oxygens (including phenoxy) is 1. The minimum atomic E-state index is -0.262. The first-order valence-corrected chi connectivity index (χ1v) is 8.21. The molecule has 1 amide bonds. The van der Waals surface area contributed by atoms with Crippen LogP contribution in [-0.4, -0.2) is 18.2 Å². The van der Waals surface area contributed by atoms with Crippen LogP contribution in [0.2, 0.25) is 0 Å². The molecule has 0 aliphatic heterocycles. The normalized spacial score (nSPS) is 11.2. The number of aryl methyl sites for hydroxylation is 2. The molecule has 0 radical (unpaired) electrons. The predicted octanol–water partition coefficient (Wildman–Crippen LogP) is 4.00. The molecule has 0 spiro atoms. The first-order valence-electron chi connectivity index (χ1n) is 8.21. The first-order chi connectivity index (χ1) is 11.6. The van der Waals surface area contributed by atoms with Gasteiger partial charge in [-0.15, -0.1) is 0 Å². The molecule has 2 aromatic carbocycles. The summed E-state index contributed by atoms with van der Waals surface area (Å²) in [5, 5.41) is 4.28. The molecular formula is C20H24N2O2. The van der Waals surface area contributed by atoms with Crippen LogP contribution in [0.15, 0.2) is 53.6 Å². The molecule has 0 saturated heterocycles. The van der Waals surface area contributed by atoms with E-state index in [4.69, 9.17) is 4.74 Å². The van der Waals surface area contributed by atoms with E-state index in [1.54, 1.807) is 0 Å². The Labute approximate surface area is 143 Å². The number of hydrazone groups is 1. The van der Waals surface area contributed by atoms with Crippen molar-refractivity contribution in [2.45, 2.75) is 33.6 Å². The van der Waals surface area contributed by atoms with Gasteiger partial charge >= 0.3 is 0 Å². The fourth-order valence-corrected chi connectivity index (χ4v) is 2.46. The monoisotopic (exact) mass is 324 g/mol. The third-order valence-corrected chi connectivity index (χ3v) is 3.67. The molecule has 0 fully saturated rings. The minimum Gasteiger partial charge on any atom is -0.483 e. The smallest absolute Gasteiger partial charge is 0.277 e. The van der Waals surface area contributed by atoms with Gasteiger partial charge in [-0.25, -0.2) is 5.43 Å². The van der Waals surface area contributed by atoms with Crippen molar-refractivity contribution < 1.29 is 9.53 Å². The Morgan fingerprint density at radius 1 is 1.04 bits per heavy atom. The van der Waals surface area contributed by atoms with Gasteiger partial charge in [0.05, 0.1) is 5.71 Å². The van der Waals surface area contributed by atoms with Gasteiger partial charge in [0.2, 0.25) is 0 Å². The molecular weight excluding hydrogens is 300 g/mol. The Morgan fingerprint density at radius 2 is 1.71 bits per heavy atom. The van der Waals surface area contributed by atoms with Crippen molar-refractivity contribution >= 4 is 11.6 Å². The SMILES string of the molecule is CCC/C(=N\NC(=O)COc1c(C)cccc1C)c1ccccc1. The Morgan fingerprint density at radius 3 is 2.33 bits per heavy atom.